The van der Waals surface area contributed by atoms with E-state index in [-0.39, 0.29) is 25.0 Å². The normalized spacial score (nSPS) is 24.9. The minimum atomic E-state index is -5.21. The molecule has 0 aromatic rings. The third-order valence-corrected chi connectivity index (χ3v) is 5.31. The summed E-state index contributed by atoms with van der Waals surface area (Å²) in [6.07, 6.45) is -3.17. The van der Waals surface area contributed by atoms with E-state index < -0.39 is 35.6 Å². The number of likely N-dealkylation sites (tertiary alicyclic amines) is 1. The van der Waals surface area contributed by atoms with Crippen LogP contribution in [0.4, 0.5) is 13.2 Å². The predicted molar refractivity (Wildman–Crippen MR) is 102 cm³/mol. The number of ether oxygens (including phenoxy) is 3. The standard InChI is InChI=1S/C20H31F3N2O6/c1-18(2,3)31-17(28)20(25-11-5-6-12-25,24-16(27)19(21,22)23)30-14-9-7-13(8-10-14)15(26)29-4/h13-14H,5-12H2,1-4H3,(H,24,27)/t13-,14-,20?. The lowest BCUT2D eigenvalue weighted by Gasteiger charge is -2.43. The second kappa shape index (κ2) is 9.72. The van der Waals surface area contributed by atoms with Gasteiger partial charge in [-0.05, 0) is 59.3 Å². The van der Waals surface area contributed by atoms with Crippen LogP contribution in [0.15, 0.2) is 0 Å². The van der Waals surface area contributed by atoms with Crippen LogP contribution in [0.2, 0.25) is 0 Å². The number of nitrogens with zero attached hydrogens (tertiary/aromatic N) is 1. The highest BCUT2D eigenvalue weighted by molar-refractivity contribution is 5.89. The Morgan fingerprint density at radius 1 is 0.968 bits per heavy atom. The molecule has 2 rings (SSSR count). The van der Waals surface area contributed by atoms with Crippen LogP contribution in [-0.4, -0.2) is 66.7 Å². The first kappa shape index (κ1) is 25.4. The summed E-state index contributed by atoms with van der Waals surface area (Å²) in [6, 6.07) is 0. The smallest absolute Gasteiger partial charge is 0.469 e. The Morgan fingerprint density at radius 2 is 1.52 bits per heavy atom. The Kier molecular flexibility index (Phi) is 7.96. The number of methoxy groups -OCH3 is 1. The third kappa shape index (κ3) is 6.55. The molecule has 1 unspecified atom stereocenters. The molecule has 178 valence electrons. The van der Waals surface area contributed by atoms with Crippen molar-refractivity contribution in [2.24, 2.45) is 5.92 Å². The molecule has 0 aromatic carbocycles. The SMILES string of the molecule is COC(=O)[C@H]1CC[C@H](OC(NC(=O)C(F)(F)F)(C(=O)OC(C)(C)C)N2CCCC2)CC1. The number of amides is 1. The van der Waals surface area contributed by atoms with E-state index in [2.05, 4.69) is 0 Å². The average molecular weight is 452 g/mol. The van der Waals surface area contributed by atoms with E-state index in [1.165, 1.54) is 12.0 Å². The number of halogens is 3. The van der Waals surface area contributed by atoms with Crippen LogP contribution in [0.1, 0.15) is 59.3 Å². The van der Waals surface area contributed by atoms with Gasteiger partial charge in [-0.2, -0.15) is 13.2 Å². The second-order valence-electron chi connectivity index (χ2n) is 8.91. The van der Waals surface area contributed by atoms with Crippen LogP contribution in [0.3, 0.4) is 0 Å². The number of esters is 2. The van der Waals surface area contributed by atoms with Crippen molar-refractivity contribution < 1.29 is 41.8 Å². The quantitative estimate of drug-likeness (QED) is 0.489. The van der Waals surface area contributed by atoms with Gasteiger partial charge in [0.25, 0.3) is 0 Å². The van der Waals surface area contributed by atoms with Crippen LogP contribution < -0.4 is 5.32 Å². The fourth-order valence-corrected chi connectivity index (χ4v) is 3.84. The average Bonchev–Trinajstić information content (AvgIpc) is 3.20. The lowest BCUT2D eigenvalue weighted by Crippen LogP contribution is -2.70. The molecular formula is C20H31F3N2O6. The molecule has 0 aromatic heterocycles. The predicted octanol–water partition coefficient (Wildman–Crippen LogP) is 2.50. The van der Waals surface area contributed by atoms with Crippen molar-refractivity contribution in [1.29, 1.82) is 0 Å². The number of carbonyl (C=O) groups excluding carboxylic acids is 3. The van der Waals surface area contributed by atoms with E-state index in [4.69, 9.17) is 14.2 Å². The maximum atomic E-state index is 13.2. The largest absolute Gasteiger partial charge is 0.471 e. The molecule has 1 amide bonds. The summed E-state index contributed by atoms with van der Waals surface area (Å²) < 4.78 is 55.5. The highest BCUT2D eigenvalue weighted by atomic mass is 19.4. The molecule has 8 nitrogen and oxygen atoms in total. The summed E-state index contributed by atoms with van der Waals surface area (Å²) in [5, 5.41) is 1.80. The van der Waals surface area contributed by atoms with Crippen LogP contribution in [0, 0.1) is 5.92 Å². The Hall–Kier alpha value is -1.88. The van der Waals surface area contributed by atoms with Crippen LogP contribution in [0.25, 0.3) is 0 Å². The second-order valence-corrected chi connectivity index (χ2v) is 8.91. The van der Waals surface area contributed by atoms with E-state index in [1.54, 1.807) is 26.1 Å². The van der Waals surface area contributed by atoms with E-state index in [1.807, 2.05) is 0 Å². The van der Waals surface area contributed by atoms with Gasteiger partial charge in [0.2, 0.25) is 0 Å². The summed E-state index contributed by atoms with van der Waals surface area (Å²) in [6.45, 7) is 5.25. The molecule has 31 heavy (non-hydrogen) atoms. The first-order valence-electron chi connectivity index (χ1n) is 10.4. The van der Waals surface area contributed by atoms with Gasteiger partial charge in [-0.3, -0.25) is 14.9 Å². The Balaban J connectivity index is 2.33. The molecule has 1 N–H and O–H groups in total. The summed E-state index contributed by atoms with van der Waals surface area (Å²) in [4.78, 5) is 38.2. The molecule has 0 radical (unpaired) electrons. The first-order chi connectivity index (χ1) is 14.3. The lowest BCUT2D eigenvalue weighted by atomic mass is 9.87. The van der Waals surface area contributed by atoms with Crippen molar-refractivity contribution in [3.63, 3.8) is 0 Å². The van der Waals surface area contributed by atoms with Crippen molar-refractivity contribution in [1.82, 2.24) is 10.2 Å². The van der Waals surface area contributed by atoms with Crippen molar-refractivity contribution in [2.45, 2.75) is 83.0 Å². The molecule has 1 atom stereocenters. The summed E-state index contributed by atoms with van der Waals surface area (Å²) in [5.41, 5.74) is -1.02. The Morgan fingerprint density at radius 3 is 1.97 bits per heavy atom. The molecule has 0 bridgehead atoms. The summed E-state index contributed by atoms with van der Waals surface area (Å²) in [7, 11) is 1.29. The summed E-state index contributed by atoms with van der Waals surface area (Å²) >= 11 is 0. The molecule has 1 heterocycles. The number of carbonyl (C=O) groups is 3. The highest BCUT2D eigenvalue weighted by Crippen LogP contribution is 2.33. The number of rotatable bonds is 6. The van der Waals surface area contributed by atoms with E-state index in [9.17, 15) is 27.6 Å². The van der Waals surface area contributed by atoms with Gasteiger partial charge < -0.3 is 14.2 Å². The zero-order valence-corrected chi connectivity index (χ0v) is 18.3. The fraction of sp³-hybridized carbons (Fsp3) is 0.850. The van der Waals surface area contributed by atoms with Gasteiger partial charge in [-0.25, -0.2) is 9.69 Å². The highest BCUT2D eigenvalue weighted by Gasteiger charge is 2.56. The van der Waals surface area contributed by atoms with Gasteiger partial charge in [0.1, 0.15) is 5.60 Å². The van der Waals surface area contributed by atoms with Gasteiger partial charge in [-0.1, -0.05) is 0 Å². The topological polar surface area (TPSA) is 94.2 Å². The Bertz CT molecular complexity index is 665. The molecule has 0 spiro atoms. The van der Waals surface area contributed by atoms with E-state index in [0.29, 0.717) is 38.5 Å². The molecule has 1 aliphatic carbocycles. The monoisotopic (exact) mass is 452 g/mol. The fourth-order valence-electron chi connectivity index (χ4n) is 3.84. The number of hydrogen-bond donors (Lipinski definition) is 1. The summed E-state index contributed by atoms with van der Waals surface area (Å²) in [5.74, 6) is -6.48. The van der Waals surface area contributed by atoms with Crippen molar-refractivity contribution in [2.75, 3.05) is 20.2 Å². The zero-order chi connectivity index (χ0) is 23.4. The van der Waals surface area contributed by atoms with Crippen molar-refractivity contribution >= 4 is 17.8 Å². The van der Waals surface area contributed by atoms with E-state index >= 15 is 0 Å². The van der Waals surface area contributed by atoms with Crippen molar-refractivity contribution in [3.8, 4) is 0 Å². The van der Waals surface area contributed by atoms with Crippen molar-refractivity contribution in [3.05, 3.63) is 0 Å². The molecule has 11 heteroatoms. The number of hydrogen-bond acceptors (Lipinski definition) is 7. The van der Waals surface area contributed by atoms with E-state index in [0.717, 1.165) is 0 Å². The number of nitrogens with one attached hydrogen (secondary N) is 1. The molecule has 2 fully saturated rings. The van der Waals surface area contributed by atoms with Crippen LogP contribution >= 0.6 is 0 Å². The Labute approximate surface area is 179 Å². The molecule has 1 aliphatic heterocycles. The minimum absolute atomic E-state index is 0.259. The van der Waals surface area contributed by atoms with Gasteiger partial charge in [0, 0.05) is 13.1 Å². The van der Waals surface area contributed by atoms with Gasteiger partial charge in [0.15, 0.2) is 0 Å². The maximum absolute atomic E-state index is 13.2. The molecule has 1 saturated carbocycles. The lowest BCUT2D eigenvalue weighted by molar-refractivity contribution is -0.242. The van der Waals surface area contributed by atoms with Gasteiger partial charge in [-0.15, -0.1) is 0 Å². The van der Waals surface area contributed by atoms with Gasteiger partial charge in [0.05, 0.1) is 19.1 Å². The van der Waals surface area contributed by atoms with Crippen LogP contribution in [-0.2, 0) is 28.6 Å². The zero-order valence-electron chi connectivity index (χ0n) is 18.3. The molecule has 1 saturated heterocycles. The van der Waals surface area contributed by atoms with Crippen LogP contribution in [0.5, 0.6) is 0 Å². The van der Waals surface area contributed by atoms with Gasteiger partial charge >= 0.3 is 29.9 Å². The molecule has 2 aliphatic rings. The number of alkyl halides is 3. The first-order valence-corrected chi connectivity index (χ1v) is 10.4. The molecular weight excluding hydrogens is 421 g/mol. The maximum Gasteiger partial charge on any atom is 0.471 e. The third-order valence-electron chi connectivity index (χ3n) is 5.31. The minimum Gasteiger partial charge on any atom is -0.469 e.